The van der Waals surface area contributed by atoms with Gasteiger partial charge in [0.15, 0.2) is 0 Å². The predicted octanol–water partition coefficient (Wildman–Crippen LogP) is 5.87. The molecule has 0 saturated heterocycles. The summed E-state index contributed by atoms with van der Waals surface area (Å²) < 4.78 is 1.57. The van der Waals surface area contributed by atoms with Crippen LogP contribution in [0.2, 0.25) is 0 Å². The Labute approximate surface area is 174 Å². The molecule has 2 aromatic rings. The van der Waals surface area contributed by atoms with E-state index in [2.05, 4.69) is 71.9 Å². The molecule has 0 unspecified atom stereocenters. The summed E-state index contributed by atoms with van der Waals surface area (Å²) in [5.74, 6) is 0. The third kappa shape index (κ3) is 3.84. The number of halogens is 2. The first-order chi connectivity index (χ1) is 10.1. The molecule has 0 atom stereocenters. The summed E-state index contributed by atoms with van der Waals surface area (Å²) in [6, 6.07) is 11.8. The summed E-state index contributed by atoms with van der Waals surface area (Å²) in [4.78, 5) is 0. The minimum atomic E-state index is 0. The van der Waals surface area contributed by atoms with Crippen molar-refractivity contribution in [3.05, 3.63) is 52.6 Å². The maximum absolute atomic E-state index is 2.43. The molecule has 0 saturated carbocycles. The van der Waals surface area contributed by atoms with Gasteiger partial charge >= 0.3 is 150 Å². The van der Waals surface area contributed by atoms with Gasteiger partial charge in [-0.25, -0.2) is 0 Å². The summed E-state index contributed by atoms with van der Waals surface area (Å²) in [7, 11) is 0. The van der Waals surface area contributed by atoms with Crippen molar-refractivity contribution >= 4 is 28.1 Å². The van der Waals surface area contributed by atoms with Crippen LogP contribution in [0.15, 0.2) is 30.3 Å². The van der Waals surface area contributed by atoms with Gasteiger partial charge in [0.05, 0.1) is 0 Å². The maximum Gasteiger partial charge on any atom is -0.147 e. The van der Waals surface area contributed by atoms with E-state index in [0.29, 0.717) is 0 Å². The summed E-state index contributed by atoms with van der Waals surface area (Å²) in [5, 5.41) is 0. The van der Waals surface area contributed by atoms with E-state index in [9.17, 15) is 0 Å². The zero-order chi connectivity index (χ0) is 16.3. The Morgan fingerprint density at radius 3 is 1.92 bits per heavy atom. The molecule has 0 N–H and O–H groups in total. The van der Waals surface area contributed by atoms with E-state index < -0.39 is 0 Å². The minimum absolute atomic E-state index is 0. The molecule has 0 aliphatic heterocycles. The van der Waals surface area contributed by atoms with E-state index in [0.717, 1.165) is 6.42 Å². The number of rotatable bonds is 0. The number of hydrogen-bond donors (Lipinski definition) is 0. The van der Waals surface area contributed by atoms with E-state index in [1.165, 1.54) is 27.8 Å². The molecule has 0 radical (unpaired) electrons. The zero-order valence-corrected chi connectivity index (χ0v) is 19.5. The van der Waals surface area contributed by atoms with Gasteiger partial charge in [-0.2, -0.15) is 0 Å². The van der Waals surface area contributed by atoms with Gasteiger partial charge in [-0.05, 0) is 0 Å². The molecule has 24 heavy (non-hydrogen) atoms. The Morgan fingerprint density at radius 2 is 1.38 bits per heavy atom. The van der Waals surface area contributed by atoms with Gasteiger partial charge < -0.3 is 0 Å². The van der Waals surface area contributed by atoms with Crippen molar-refractivity contribution in [2.45, 2.75) is 58.8 Å². The first-order valence-electron chi connectivity index (χ1n) is 8.11. The SMILES string of the molecule is CC(C)(C)c1ccc2c(c1)Cc1c-2ccc(C(C)(C)C)[c]1[Zr].Cl.Cl. The molecule has 0 amide bonds. The van der Waals surface area contributed by atoms with E-state index in [1.54, 1.807) is 33.6 Å². The second-order valence-electron chi connectivity index (χ2n) is 8.56. The predicted molar refractivity (Wildman–Crippen MR) is 106 cm³/mol. The second kappa shape index (κ2) is 7.26. The molecule has 1 aliphatic rings. The van der Waals surface area contributed by atoms with Crippen molar-refractivity contribution in [3.8, 4) is 11.1 Å². The minimum Gasteiger partial charge on any atom is -0.147 e. The molecule has 2 aromatic carbocycles. The molecule has 1 aliphatic carbocycles. The van der Waals surface area contributed by atoms with Crippen LogP contribution in [0.25, 0.3) is 11.1 Å². The fraction of sp³-hybridized carbons (Fsp3) is 0.429. The van der Waals surface area contributed by atoms with Crippen molar-refractivity contribution in [2.24, 2.45) is 0 Å². The maximum atomic E-state index is 2.43. The van der Waals surface area contributed by atoms with Crippen LogP contribution in [0.1, 0.15) is 63.8 Å². The quantitative estimate of drug-likeness (QED) is 0.409. The average Bonchev–Trinajstić information content (AvgIpc) is 2.75. The summed E-state index contributed by atoms with van der Waals surface area (Å²) >= 11 is 1.54. The molecule has 0 heterocycles. The van der Waals surface area contributed by atoms with E-state index in [1.807, 2.05) is 0 Å². The van der Waals surface area contributed by atoms with Crippen LogP contribution in [0.4, 0.5) is 0 Å². The Morgan fingerprint density at radius 1 is 0.792 bits per heavy atom. The summed E-state index contributed by atoms with van der Waals surface area (Å²) in [6.07, 6.45) is 1.11. The Kier molecular flexibility index (Phi) is 6.64. The topological polar surface area (TPSA) is 0 Å². The Bertz CT molecular complexity index is 750. The average molecular weight is 442 g/mol. The Hall–Kier alpha value is -0.0969. The van der Waals surface area contributed by atoms with Gasteiger partial charge in [-0.15, -0.1) is 24.8 Å². The number of hydrogen-bond acceptors (Lipinski definition) is 0. The van der Waals surface area contributed by atoms with E-state index >= 15 is 0 Å². The van der Waals surface area contributed by atoms with E-state index in [-0.39, 0.29) is 35.6 Å². The fourth-order valence-corrected chi connectivity index (χ4v) is 5.04. The molecule has 0 fully saturated rings. The van der Waals surface area contributed by atoms with Gasteiger partial charge in [0, 0.05) is 0 Å². The van der Waals surface area contributed by atoms with Crippen LogP contribution < -0.4 is 3.27 Å². The van der Waals surface area contributed by atoms with Crippen LogP contribution in [0.3, 0.4) is 0 Å². The van der Waals surface area contributed by atoms with Crippen molar-refractivity contribution < 1.29 is 24.7 Å². The monoisotopic (exact) mass is 439 g/mol. The standard InChI is InChI=1S/C21H25.2ClH.Zr/c1-20(2,3)16-7-9-18-14(12-16)11-15-13-17(21(4,5)6)8-10-19(15)18;;;/h7-10,12H,11H2,1-6H3;2*1H;. The van der Waals surface area contributed by atoms with Crippen LogP contribution in [0.5, 0.6) is 0 Å². The van der Waals surface area contributed by atoms with Crippen LogP contribution in [0, 0.1) is 0 Å². The largest absolute Gasteiger partial charge is 0.147 e. The van der Waals surface area contributed by atoms with Crippen LogP contribution in [-0.4, -0.2) is 0 Å². The van der Waals surface area contributed by atoms with Crippen molar-refractivity contribution in [1.82, 2.24) is 0 Å². The first kappa shape index (κ1) is 21.9. The van der Waals surface area contributed by atoms with Gasteiger partial charge in [0.2, 0.25) is 0 Å². The first-order valence-corrected chi connectivity index (χ1v) is 9.33. The van der Waals surface area contributed by atoms with E-state index in [4.69, 9.17) is 0 Å². The molecule has 0 bridgehead atoms. The molecule has 0 nitrogen and oxygen atoms in total. The van der Waals surface area contributed by atoms with Crippen molar-refractivity contribution in [3.63, 3.8) is 0 Å². The van der Waals surface area contributed by atoms with Gasteiger partial charge in [-0.1, -0.05) is 0 Å². The molecule has 0 aromatic heterocycles. The fourth-order valence-electron chi connectivity index (χ4n) is 3.37. The smallest absolute Gasteiger partial charge is 0.147 e. The summed E-state index contributed by atoms with van der Waals surface area (Å²) in [6.45, 7) is 13.9. The molecule has 3 rings (SSSR count). The number of fused-ring (bicyclic) bond motifs is 3. The van der Waals surface area contributed by atoms with Crippen molar-refractivity contribution in [1.29, 1.82) is 0 Å². The van der Waals surface area contributed by atoms with Gasteiger partial charge in [-0.3, -0.25) is 0 Å². The molecular weight excluding hydrogens is 414 g/mol. The molecular formula is C21H27Cl2Zr. The van der Waals surface area contributed by atoms with Gasteiger partial charge in [0.1, 0.15) is 0 Å². The zero-order valence-electron chi connectivity index (χ0n) is 15.4. The second-order valence-corrected chi connectivity index (χ2v) is 9.79. The third-order valence-electron chi connectivity index (χ3n) is 4.75. The van der Waals surface area contributed by atoms with Crippen LogP contribution in [-0.2, 0) is 42.0 Å². The number of benzene rings is 2. The molecule has 129 valence electrons. The molecule has 3 heteroatoms. The van der Waals surface area contributed by atoms with Crippen LogP contribution >= 0.6 is 24.8 Å². The molecule has 0 spiro atoms. The van der Waals surface area contributed by atoms with Gasteiger partial charge in [0.25, 0.3) is 0 Å². The Balaban J connectivity index is 0.00000144. The summed E-state index contributed by atoms with van der Waals surface area (Å²) in [5.41, 5.74) is 9.43. The normalized spacial score (nSPS) is 12.7. The third-order valence-corrected chi connectivity index (χ3v) is 6.15. The van der Waals surface area contributed by atoms with Crippen molar-refractivity contribution in [2.75, 3.05) is 0 Å².